The van der Waals surface area contributed by atoms with Crippen LogP contribution in [0.2, 0.25) is 0 Å². The molecule has 1 aliphatic carbocycles. The Bertz CT molecular complexity index is 604. The fourth-order valence-electron chi connectivity index (χ4n) is 2.87. The summed E-state index contributed by atoms with van der Waals surface area (Å²) >= 11 is 1.67. The van der Waals surface area contributed by atoms with E-state index in [0.717, 1.165) is 11.7 Å². The van der Waals surface area contributed by atoms with Gasteiger partial charge in [0, 0.05) is 11.4 Å². The quantitative estimate of drug-likeness (QED) is 0.920. The van der Waals surface area contributed by atoms with Crippen LogP contribution in [0.5, 0.6) is 0 Å². The Morgan fingerprint density at radius 2 is 2.14 bits per heavy atom. The highest BCUT2D eigenvalue weighted by Crippen LogP contribution is 2.34. The van der Waals surface area contributed by atoms with Crippen LogP contribution >= 0.6 is 11.8 Å². The second kappa shape index (κ2) is 6.58. The average Bonchev–Trinajstić information content (AvgIpc) is 3.13. The number of tetrazole rings is 1. The average molecular weight is 303 g/mol. The van der Waals surface area contributed by atoms with Gasteiger partial charge < -0.3 is 5.32 Å². The topological polar surface area (TPSA) is 55.6 Å². The first-order chi connectivity index (χ1) is 10.3. The molecule has 0 bridgehead atoms. The summed E-state index contributed by atoms with van der Waals surface area (Å²) in [6.07, 6.45) is 4.95. The fraction of sp³-hybridized carbons (Fsp3) is 0.533. The molecule has 21 heavy (non-hydrogen) atoms. The molecule has 1 aliphatic rings. The number of nitrogens with zero attached hydrogens (tertiary/aromatic N) is 4. The maximum atomic E-state index is 4.21. The van der Waals surface area contributed by atoms with Crippen molar-refractivity contribution in [3.05, 3.63) is 29.3 Å². The van der Waals surface area contributed by atoms with Crippen LogP contribution in [-0.4, -0.2) is 27.3 Å². The van der Waals surface area contributed by atoms with Crippen molar-refractivity contribution in [3.63, 3.8) is 0 Å². The van der Waals surface area contributed by atoms with Gasteiger partial charge in [0.2, 0.25) is 5.16 Å². The fourth-order valence-corrected chi connectivity index (χ4v) is 3.78. The van der Waals surface area contributed by atoms with Crippen molar-refractivity contribution in [2.24, 2.45) is 0 Å². The summed E-state index contributed by atoms with van der Waals surface area (Å²) in [4.78, 5) is 1.23. The second-order valence-corrected chi connectivity index (χ2v) is 6.59. The number of aromatic nitrogens is 4. The lowest BCUT2D eigenvalue weighted by Gasteiger charge is -2.12. The first kappa shape index (κ1) is 14.5. The van der Waals surface area contributed by atoms with Crippen molar-refractivity contribution < 1.29 is 0 Å². The van der Waals surface area contributed by atoms with E-state index in [2.05, 4.69) is 46.0 Å². The minimum atomic E-state index is 0.478. The van der Waals surface area contributed by atoms with Gasteiger partial charge in [-0.2, -0.15) is 0 Å². The van der Waals surface area contributed by atoms with Crippen LogP contribution in [0.4, 0.5) is 0 Å². The predicted molar refractivity (Wildman–Crippen MR) is 83.4 cm³/mol. The lowest BCUT2D eigenvalue weighted by atomic mass is 10.1. The zero-order valence-corrected chi connectivity index (χ0v) is 13.4. The highest BCUT2D eigenvalue weighted by molar-refractivity contribution is 7.99. The molecule has 1 fully saturated rings. The number of aryl methyl sites for hydroxylation is 1. The summed E-state index contributed by atoms with van der Waals surface area (Å²) in [5.41, 5.74) is 2.57. The Morgan fingerprint density at radius 3 is 2.86 bits per heavy atom. The Labute approximate surface area is 129 Å². The molecule has 5 nitrogen and oxygen atoms in total. The molecule has 0 aliphatic heterocycles. The molecular weight excluding hydrogens is 282 g/mol. The molecule has 1 N–H and O–H groups in total. The molecular formula is C15H21N5S. The molecule has 112 valence electrons. The van der Waals surface area contributed by atoms with E-state index in [9.17, 15) is 0 Å². The van der Waals surface area contributed by atoms with Crippen LogP contribution in [0.3, 0.4) is 0 Å². The second-order valence-electron chi connectivity index (χ2n) is 5.58. The molecule has 0 spiro atoms. The zero-order valence-electron chi connectivity index (χ0n) is 12.5. The molecule has 1 aromatic carbocycles. The van der Waals surface area contributed by atoms with Gasteiger partial charge in [0.25, 0.3) is 0 Å². The third-order valence-electron chi connectivity index (χ3n) is 3.95. The Balaban J connectivity index is 1.79. The number of hydrogen-bond acceptors (Lipinski definition) is 5. The molecule has 1 saturated carbocycles. The maximum Gasteiger partial charge on any atom is 0.214 e. The molecule has 1 aromatic heterocycles. The minimum absolute atomic E-state index is 0.478. The van der Waals surface area contributed by atoms with Gasteiger partial charge in [-0.1, -0.05) is 25.0 Å². The van der Waals surface area contributed by atoms with Crippen LogP contribution in [0.25, 0.3) is 0 Å². The molecule has 6 heteroatoms. The van der Waals surface area contributed by atoms with Crippen LogP contribution < -0.4 is 5.32 Å². The molecule has 2 aromatic rings. The smallest absolute Gasteiger partial charge is 0.214 e. The molecule has 0 amide bonds. The van der Waals surface area contributed by atoms with Crippen molar-refractivity contribution in [2.75, 3.05) is 7.05 Å². The number of rotatable bonds is 5. The summed E-state index contributed by atoms with van der Waals surface area (Å²) in [5, 5.41) is 16.4. The number of benzene rings is 1. The van der Waals surface area contributed by atoms with Crippen LogP contribution in [0.1, 0.15) is 42.9 Å². The van der Waals surface area contributed by atoms with E-state index >= 15 is 0 Å². The maximum absolute atomic E-state index is 4.21. The van der Waals surface area contributed by atoms with Gasteiger partial charge in [-0.3, -0.25) is 0 Å². The van der Waals surface area contributed by atoms with E-state index in [4.69, 9.17) is 0 Å². The summed E-state index contributed by atoms with van der Waals surface area (Å²) in [7, 11) is 1.97. The summed E-state index contributed by atoms with van der Waals surface area (Å²) in [6.45, 7) is 3.04. The Morgan fingerprint density at radius 1 is 1.33 bits per heavy atom. The molecule has 1 heterocycles. The van der Waals surface area contributed by atoms with E-state index in [1.807, 2.05) is 11.7 Å². The van der Waals surface area contributed by atoms with Crippen LogP contribution in [0, 0.1) is 6.92 Å². The highest BCUT2D eigenvalue weighted by Gasteiger charge is 2.22. The van der Waals surface area contributed by atoms with Gasteiger partial charge in [0.15, 0.2) is 0 Å². The van der Waals surface area contributed by atoms with E-state index in [1.54, 1.807) is 11.8 Å². The summed E-state index contributed by atoms with van der Waals surface area (Å²) < 4.78 is 2.01. The van der Waals surface area contributed by atoms with Gasteiger partial charge in [0.05, 0.1) is 6.04 Å². The SMILES string of the molecule is CNCc1ccc(Sc2nnnn2C2CCCC2)c(C)c1. The van der Waals surface area contributed by atoms with Crippen LogP contribution in [-0.2, 0) is 6.54 Å². The monoisotopic (exact) mass is 303 g/mol. The Hall–Kier alpha value is -1.40. The normalized spacial score (nSPS) is 15.7. The third kappa shape index (κ3) is 3.27. The van der Waals surface area contributed by atoms with E-state index in [0.29, 0.717) is 6.04 Å². The molecule has 0 atom stereocenters. The summed E-state index contributed by atoms with van der Waals surface area (Å²) in [6, 6.07) is 7.03. The largest absolute Gasteiger partial charge is 0.316 e. The van der Waals surface area contributed by atoms with Crippen molar-refractivity contribution in [1.29, 1.82) is 0 Å². The first-order valence-electron chi connectivity index (χ1n) is 7.48. The van der Waals surface area contributed by atoms with E-state index in [-0.39, 0.29) is 0 Å². The molecule has 0 radical (unpaired) electrons. The molecule has 0 unspecified atom stereocenters. The van der Waals surface area contributed by atoms with Gasteiger partial charge in [-0.05, 0) is 66.2 Å². The van der Waals surface area contributed by atoms with Crippen molar-refractivity contribution >= 4 is 11.8 Å². The van der Waals surface area contributed by atoms with Gasteiger partial charge >= 0.3 is 0 Å². The van der Waals surface area contributed by atoms with E-state index < -0.39 is 0 Å². The van der Waals surface area contributed by atoms with Crippen LogP contribution in [0.15, 0.2) is 28.3 Å². The first-order valence-corrected chi connectivity index (χ1v) is 8.29. The van der Waals surface area contributed by atoms with Crippen molar-refractivity contribution in [1.82, 2.24) is 25.5 Å². The van der Waals surface area contributed by atoms with Crippen molar-refractivity contribution in [2.45, 2.75) is 55.2 Å². The predicted octanol–water partition coefficient (Wildman–Crippen LogP) is 2.97. The molecule has 0 saturated heterocycles. The van der Waals surface area contributed by atoms with E-state index in [1.165, 1.54) is 41.7 Å². The Kier molecular flexibility index (Phi) is 4.55. The summed E-state index contributed by atoms with van der Waals surface area (Å²) in [5.74, 6) is 0. The number of nitrogens with one attached hydrogen (secondary N) is 1. The zero-order chi connectivity index (χ0) is 14.7. The van der Waals surface area contributed by atoms with Gasteiger partial charge in [-0.15, -0.1) is 5.10 Å². The molecule has 3 rings (SSSR count). The van der Waals surface area contributed by atoms with Gasteiger partial charge in [-0.25, -0.2) is 4.68 Å². The minimum Gasteiger partial charge on any atom is -0.316 e. The standard InChI is InChI=1S/C15H21N5S/c1-11-9-12(10-16-2)7-8-14(11)21-15-17-18-19-20(15)13-5-3-4-6-13/h7-9,13,16H,3-6,10H2,1-2H3. The van der Waals surface area contributed by atoms with Crippen molar-refractivity contribution in [3.8, 4) is 0 Å². The number of hydrogen-bond donors (Lipinski definition) is 1. The van der Waals surface area contributed by atoms with Gasteiger partial charge in [0.1, 0.15) is 0 Å². The highest BCUT2D eigenvalue weighted by atomic mass is 32.2. The lowest BCUT2D eigenvalue weighted by Crippen LogP contribution is -2.08. The third-order valence-corrected chi connectivity index (χ3v) is 5.08. The lowest BCUT2D eigenvalue weighted by molar-refractivity contribution is 0.423.